The lowest BCUT2D eigenvalue weighted by Gasteiger charge is -2.30. The van der Waals surface area contributed by atoms with Gasteiger partial charge in [0.15, 0.2) is 6.04 Å². The number of carbonyl (C=O) groups is 2. The predicted octanol–water partition coefficient (Wildman–Crippen LogP) is 1.89. The molecule has 0 radical (unpaired) electrons. The Balaban J connectivity index is 3.01. The third-order valence-electron chi connectivity index (χ3n) is 3.37. The number of amidine groups is 1. The zero-order valence-corrected chi connectivity index (χ0v) is 15.4. The predicted molar refractivity (Wildman–Crippen MR) is 91.3 cm³/mol. The fraction of sp³-hybridized carbons (Fsp3) is 0.824. The van der Waals surface area contributed by atoms with Crippen molar-refractivity contribution in [3.63, 3.8) is 0 Å². The molecule has 0 saturated carbocycles. The molecule has 23 heavy (non-hydrogen) atoms. The van der Waals surface area contributed by atoms with Crippen molar-refractivity contribution in [3.05, 3.63) is 0 Å². The number of hydrogen-bond donors (Lipinski definition) is 2. The average Bonchev–Trinajstić information content (AvgIpc) is 2.35. The van der Waals surface area contributed by atoms with E-state index in [1.165, 1.54) is 0 Å². The fourth-order valence-electron chi connectivity index (χ4n) is 2.36. The summed E-state index contributed by atoms with van der Waals surface area (Å²) in [5, 5.41) is 6.00. The lowest BCUT2D eigenvalue weighted by atomic mass is 10.00. The number of hydrogen-bond acceptors (Lipinski definition) is 5. The van der Waals surface area contributed by atoms with Gasteiger partial charge in [-0.15, -0.1) is 0 Å². The molecule has 1 heterocycles. The Morgan fingerprint density at radius 2 is 1.91 bits per heavy atom. The van der Waals surface area contributed by atoms with Gasteiger partial charge >= 0.3 is 5.97 Å². The Bertz CT molecular complexity index is 464. The monoisotopic (exact) mass is 325 g/mol. The lowest BCUT2D eigenvalue weighted by molar-refractivity contribution is -0.157. The molecular formula is C17H31N3O3. The summed E-state index contributed by atoms with van der Waals surface area (Å²) in [6, 6.07) is -0.671. The van der Waals surface area contributed by atoms with Crippen molar-refractivity contribution in [2.45, 2.75) is 72.6 Å². The maximum Gasteiger partial charge on any atom is 0.331 e. The summed E-state index contributed by atoms with van der Waals surface area (Å²) < 4.78 is 5.47. The molecule has 2 atom stereocenters. The summed E-state index contributed by atoms with van der Waals surface area (Å²) in [5.41, 5.74) is -0.560. The molecule has 0 spiro atoms. The lowest BCUT2D eigenvalue weighted by Crippen LogP contribution is -2.57. The van der Waals surface area contributed by atoms with Crippen LogP contribution in [0.5, 0.6) is 0 Å². The van der Waals surface area contributed by atoms with Gasteiger partial charge in [0.05, 0.1) is 12.6 Å². The van der Waals surface area contributed by atoms with Gasteiger partial charge in [0.25, 0.3) is 0 Å². The number of carbonyl (C=O) groups excluding carboxylic acids is 2. The molecule has 6 nitrogen and oxygen atoms in total. The molecule has 1 saturated heterocycles. The summed E-state index contributed by atoms with van der Waals surface area (Å²) in [6.07, 6.45) is 0.845. The number of nitrogens with one attached hydrogen (secondary N) is 2. The van der Waals surface area contributed by atoms with Crippen LogP contribution in [0, 0.1) is 11.8 Å². The summed E-state index contributed by atoms with van der Waals surface area (Å²) in [4.78, 5) is 28.7. The van der Waals surface area contributed by atoms with E-state index in [9.17, 15) is 9.59 Å². The minimum Gasteiger partial charge on any atom is -0.458 e. The van der Waals surface area contributed by atoms with Gasteiger partial charge in [-0.2, -0.15) is 0 Å². The van der Waals surface area contributed by atoms with Gasteiger partial charge in [-0.3, -0.25) is 15.1 Å². The topological polar surface area (TPSA) is 79.8 Å². The first-order valence-electron chi connectivity index (χ1n) is 8.33. The van der Waals surface area contributed by atoms with Crippen molar-refractivity contribution in [2.75, 3.05) is 6.54 Å². The van der Waals surface area contributed by atoms with E-state index in [1.807, 2.05) is 34.6 Å². The molecule has 0 aromatic heterocycles. The number of amides is 1. The Labute approximate surface area is 139 Å². The molecule has 1 aliphatic rings. The van der Waals surface area contributed by atoms with Crippen LogP contribution in [-0.4, -0.2) is 41.9 Å². The first-order valence-corrected chi connectivity index (χ1v) is 8.33. The maximum atomic E-state index is 12.4. The molecule has 1 fully saturated rings. The Morgan fingerprint density at radius 1 is 1.30 bits per heavy atom. The molecular weight excluding hydrogens is 294 g/mol. The highest BCUT2D eigenvalue weighted by atomic mass is 16.6. The van der Waals surface area contributed by atoms with Crippen molar-refractivity contribution in [1.82, 2.24) is 10.6 Å². The summed E-state index contributed by atoms with van der Waals surface area (Å²) in [6.45, 7) is 13.9. The summed E-state index contributed by atoms with van der Waals surface area (Å²) >= 11 is 0. The zero-order chi connectivity index (χ0) is 17.8. The average molecular weight is 325 g/mol. The summed E-state index contributed by atoms with van der Waals surface area (Å²) in [5.74, 6) is 0.487. The van der Waals surface area contributed by atoms with E-state index < -0.39 is 11.6 Å². The van der Waals surface area contributed by atoms with E-state index in [0.29, 0.717) is 11.8 Å². The maximum absolute atomic E-state index is 12.4. The molecule has 0 aromatic rings. The number of nitrogens with zero attached hydrogens (tertiary/aromatic N) is 1. The van der Waals surface area contributed by atoms with Gasteiger partial charge in [-0.25, -0.2) is 4.79 Å². The highest BCUT2D eigenvalue weighted by Gasteiger charge is 2.31. The van der Waals surface area contributed by atoms with E-state index in [1.54, 1.807) is 0 Å². The van der Waals surface area contributed by atoms with E-state index in [-0.39, 0.29) is 30.4 Å². The van der Waals surface area contributed by atoms with Crippen molar-refractivity contribution >= 4 is 17.7 Å². The molecule has 1 rings (SSSR count). The molecule has 0 aromatic carbocycles. The van der Waals surface area contributed by atoms with E-state index in [4.69, 9.17) is 4.74 Å². The van der Waals surface area contributed by atoms with Crippen LogP contribution in [0.1, 0.15) is 54.9 Å². The number of ether oxygens (including phenoxy) is 1. The van der Waals surface area contributed by atoms with Crippen molar-refractivity contribution < 1.29 is 14.3 Å². The third-order valence-corrected chi connectivity index (χ3v) is 3.37. The van der Waals surface area contributed by atoms with Gasteiger partial charge in [0.1, 0.15) is 11.4 Å². The van der Waals surface area contributed by atoms with Crippen molar-refractivity contribution in [3.8, 4) is 0 Å². The van der Waals surface area contributed by atoms with Gasteiger partial charge in [-0.05, 0) is 39.0 Å². The second kappa shape index (κ2) is 7.90. The Morgan fingerprint density at radius 3 is 2.39 bits per heavy atom. The Hall–Kier alpha value is -1.43. The Kier molecular flexibility index (Phi) is 6.74. The van der Waals surface area contributed by atoms with Crippen LogP contribution < -0.4 is 10.6 Å². The van der Waals surface area contributed by atoms with Crippen LogP contribution in [0.4, 0.5) is 0 Å². The normalized spacial score (nSPS) is 22.4. The number of esters is 1. The molecule has 6 heteroatoms. The van der Waals surface area contributed by atoms with Crippen LogP contribution in [0.3, 0.4) is 0 Å². The SMILES string of the molecule is CC(C)C[C@@H]1NCC(=O)NC1=N[C@H](C(=O)OC(C)(C)C)C(C)C. The zero-order valence-electron chi connectivity index (χ0n) is 15.4. The van der Waals surface area contributed by atoms with E-state index in [0.717, 1.165) is 6.42 Å². The third kappa shape index (κ3) is 6.69. The number of piperazine rings is 1. The van der Waals surface area contributed by atoms with Crippen LogP contribution in [0.2, 0.25) is 0 Å². The number of aliphatic imine (C=N–C) groups is 1. The smallest absolute Gasteiger partial charge is 0.331 e. The van der Waals surface area contributed by atoms with Crippen LogP contribution in [0.25, 0.3) is 0 Å². The first-order chi connectivity index (χ1) is 10.5. The van der Waals surface area contributed by atoms with E-state index >= 15 is 0 Å². The number of rotatable bonds is 5. The standard InChI is InChI=1S/C17H31N3O3/c1-10(2)8-12-15(19-13(21)9-18-12)20-14(11(3)4)16(22)23-17(5,6)7/h10-12,14,18H,8-9H2,1-7H3,(H,19,20,21)/t12-,14-/m0/s1. The van der Waals surface area contributed by atoms with Gasteiger partial charge < -0.3 is 10.1 Å². The van der Waals surface area contributed by atoms with Crippen molar-refractivity contribution in [2.24, 2.45) is 16.8 Å². The van der Waals surface area contributed by atoms with Crippen LogP contribution in [0.15, 0.2) is 4.99 Å². The van der Waals surface area contributed by atoms with Gasteiger partial charge in [0.2, 0.25) is 5.91 Å². The first kappa shape index (κ1) is 19.6. The van der Waals surface area contributed by atoms with E-state index in [2.05, 4.69) is 29.5 Å². The van der Waals surface area contributed by atoms with Gasteiger partial charge in [0, 0.05) is 0 Å². The van der Waals surface area contributed by atoms with Crippen LogP contribution >= 0.6 is 0 Å². The molecule has 1 aliphatic heterocycles. The molecule has 0 aliphatic carbocycles. The van der Waals surface area contributed by atoms with Crippen LogP contribution in [-0.2, 0) is 14.3 Å². The quantitative estimate of drug-likeness (QED) is 0.757. The second-order valence-electron chi connectivity index (χ2n) is 7.85. The molecule has 132 valence electrons. The molecule has 1 amide bonds. The molecule has 2 N–H and O–H groups in total. The minimum atomic E-state index is -0.626. The minimum absolute atomic E-state index is 0.0177. The second-order valence-corrected chi connectivity index (χ2v) is 7.85. The highest BCUT2D eigenvalue weighted by Crippen LogP contribution is 2.16. The largest absolute Gasteiger partial charge is 0.458 e. The molecule has 0 unspecified atom stereocenters. The van der Waals surface area contributed by atoms with Gasteiger partial charge in [-0.1, -0.05) is 27.7 Å². The fourth-order valence-corrected chi connectivity index (χ4v) is 2.36. The summed E-state index contributed by atoms with van der Waals surface area (Å²) in [7, 11) is 0. The molecule has 0 bridgehead atoms. The van der Waals surface area contributed by atoms with Crippen molar-refractivity contribution in [1.29, 1.82) is 0 Å². The highest BCUT2D eigenvalue weighted by molar-refractivity contribution is 6.04.